The molecule has 1 amide bonds. The number of benzene rings is 1. The highest BCUT2D eigenvalue weighted by atomic mass is 32.1. The number of hydrogen-bond donors (Lipinski definition) is 1. The summed E-state index contributed by atoms with van der Waals surface area (Å²) in [4.78, 5) is 36.7. The monoisotopic (exact) mass is 433 g/mol. The van der Waals surface area contributed by atoms with Gasteiger partial charge in [0, 0.05) is 32.2 Å². The Morgan fingerprint density at radius 1 is 1.10 bits per heavy atom. The van der Waals surface area contributed by atoms with Crippen LogP contribution in [0.5, 0.6) is 0 Å². The number of aromatic nitrogens is 2. The summed E-state index contributed by atoms with van der Waals surface area (Å²) in [5.74, 6) is 0.598. The smallest absolute Gasteiger partial charge is 0.258 e. The number of thiazole rings is 1. The van der Waals surface area contributed by atoms with Gasteiger partial charge in [0.1, 0.15) is 16.2 Å². The summed E-state index contributed by atoms with van der Waals surface area (Å²) >= 11 is 1.48. The van der Waals surface area contributed by atoms with Crippen LogP contribution in [0.1, 0.15) is 23.2 Å². The van der Waals surface area contributed by atoms with Gasteiger partial charge in [0.15, 0.2) is 5.65 Å². The maximum atomic E-state index is 13.5. The van der Waals surface area contributed by atoms with E-state index in [1.807, 2.05) is 40.8 Å². The van der Waals surface area contributed by atoms with E-state index in [-0.39, 0.29) is 22.9 Å². The van der Waals surface area contributed by atoms with Crippen LogP contribution in [0.2, 0.25) is 0 Å². The molecule has 0 unspecified atom stereocenters. The predicted octanol–water partition coefficient (Wildman–Crippen LogP) is 2.71. The first kappa shape index (κ1) is 18.8. The first-order valence-electron chi connectivity index (χ1n) is 10.7. The van der Waals surface area contributed by atoms with Gasteiger partial charge >= 0.3 is 0 Å². The molecular formula is C23H23N5O2S. The van der Waals surface area contributed by atoms with Crippen LogP contribution in [0.4, 0.5) is 5.82 Å². The Balaban J connectivity index is 1.62. The van der Waals surface area contributed by atoms with Crippen molar-refractivity contribution in [1.82, 2.24) is 19.6 Å². The Morgan fingerprint density at radius 2 is 1.87 bits per heavy atom. The largest absolute Gasteiger partial charge is 0.354 e. The zero-order chi connectivity index (χ0) is 21.1. The van der Waals surface area contributed by atoms with Crippen LogP contribution in [0.3, 0.4) is 0 Å². The Bertz CT molecular complexity index is 1400. The van der Waals surface area contributed by atoms with E-state index in [0.717, 1.165) is 55.1 Å². The summed E-state index contributed by atoms with van der Waals surface area (Å²) in [7, 11) is 2.12. The molecule has 1 aliphatic carbocycles. The number of carbonyl (C=O) groups is 1. The van der Waals surface area contributed by atoms with Crippen molar-refractivity contribution in [3.63, 3.8) is 0 Å². The van der Waals surface area contributed by atoms with E-state index in [1.54, 1.807) is 0 Å². The molecule has 31 heavy (non-hydrogen) atoms. The minimum atomic E-state index is -0.276. The molecule has 1 N–H and O–H groups in total. The molecule has 8 heteroatoms. The van der Waals surface area contributed by atoms with E-state index in [0.29, 0.717) is 15.9 Å². The molecule has 1 aromatic carbocycles. The van der Waals surface area contributed by atoms with Gasteiger partial charge in [-0.3, -0.25) is 14.0 Å². The number of amides is 1. The standard InChI is InChI=1S/C23H23N5O2S/c1-26-10-12-27(13-11-26)18-9-8-15-20(29)19(22(30)24-14-6-7-14)23-28(21(15)25-18)16-4-2-3-5-17(16)31-23/h2-5,8-9,14H,6-7,10-13H2,1H3,(H,24,30). The number of anilines is 1. The van der Waals surface area contributed by atoms with Crippen molar-refractivity contribution in [1.29, 1.82) is 0 Å². The molecule has 6 rings (SSSR count). The summed E-state index contributed by atoms with van der Waals surface area (Å²) in [5.41, 5.74) is 1.58. The van der Waals surface area contributed by atoms with E-state index in [4.69, 9.17) is 4.98 Å². The molecule has 0 spiro atoms. The van der Waals surface area contributed by atoms with Gasteiger partial charge in [-0.15, -0.1) is 11.3 Å². The van der Waals surface area contributed by atoms with Crippen LogP contribution in [0, 0.1) is 0 Å². The van der Waals surface area contributed by atoms with E-state index < -0.39 is 0 Å². The molecule has 158 valence electrons. The van der Waals surface area contributed by atoms with Crippen LogP contribution < -0.4 is 15.6 Å². The molecule has 0 radical (unpaired) electrons. The van der Waals surface area contributed by atoms with Crippen molar-refractivity contribution in [3.05, 3.63) is 52.2 Å². The van der Waals surface area contributed by atoms with E-state index in [9.17, 15) is 9.59 Å². The number of para-hydroxylation sites is 1. The molecule has 1 saturated heterocycles. The average Bonchev–Trinajstić information content (AvgIpc) is 3.51. The van der Waals surface area contributed by atoms with Crippen LogP contribution >= 0.6 is 11.3 Å². The molecule has 1 aliphatic heterocycles. The van der Waals surface area contributed by atoms with E-state index >= 15 is 0 Å². The molecule has 7 nitrogen and oxygen atoms in total. The Morgan fingerprint density at radius 3 is 2.65 bits per heavy atom. The third kappa shape index (κ3) is 3.09. The molecule has 2 aliphatic rings. The Kier molecular flexibility index (Phi) is 4.26. The van der Waals surface area contributed by atoms with Gasteiger partial charge in [0.05, 0.1) is 15.6 Å². The molecule has 4 aromatic rings. The number of fused-ring (bicyclic) bond motifs is 5. The second kappa shape index (κ2) is 7.03. The second-order valence-corrected chi connectivity index (χ2v) is 9.52. The first-order valence-corrected chi connectivity index (χ1v) is 11.5. The summed E-state index contributed by atoms with van der Waals surface area (Å²) in [6.07, 6.45) is 1.96. The van der Waals surface area contributed by atoms with Crippen LogP contribution in [-0.2, 0) is 0 Å². The fourth-order valence-electron chi connectivity index (χ4n) is 4.28. The third-order valence-electron chi connectivity index (χ3n) is 6.24. The molecule has 4 heterocycles. The number of nitrogens with zero attached hydrogens (tertiary/aromatic N) is 4. The predicted molar refractivity (Wildman–Crippen MR) is 125 cm³/mol. The zero-order valence-electron chi connectivity index (χ0n) is 17.3. The lowest BCUT2D eigenvalue weighted by molar-refractivity contribution is 0.0951. The van der Waals surface area contributed by atoms with Crippen molar-refractivity contribution in [2.24, 2.45) is 0 Å². The molecule has 0 atom stereocenters. The van der Waals surface area contributed by atoms with E-state index in [2.05, 4.69) is 22.2 Å². The lowest BCUT2D eigenvalue weighted by Crippen LogP contribution is -2.44. The average molecular weight is 434 g/mol. The highest BCUT2D eigenvalue weighted by Crippen LogP contribution is 2.32. The molecule has 0 bridgehead atoms. The summed E-state index contributed by atoms with van der Waals surface area (Å²) in [6, 6.07) is 11.9. The number of hydrogen-bond acceptors (Lipinski definition) is 6. The van der Waals surface area contributed by atoms with E-state index in [1.165, 1.54) is 11.3 Å². The maximum absolute atomic E-state index is 13.5. The van der Waals surface area contributed by atoms with Crippen molar-refractivity contribution in [2.75, 3.05) is 38.1 Å². The lowest BCUT2D eigenvalue weighted by atomic mass is 10.1. The Labute approximate surface area is 182 Å². The number of carbonyl (C=O) groups excluding carboxylic acids is 1. The maximum Gasteiger partial charge on any atom is 0.258 e. The van der Waals surface area contributed by atoms with Crippen molar-refractivity contribution >= 4 is 49.1 Å². The number of rotatable bonds is 3. The quantitative estimate of drug-likeness (QED) is 0.538. The van der Waals surface area contributed by atoms with Crippen LogP contribution in [0.15, 0.2) is 41.2 Å². The highest BCUT2D eigenvalue weighted by Gasteiger charge is 2.28. The van der Waals surface area contributed by atoms with Crippen molar-refractivity contribution < 1.29 is 4.79 Å². The zero-order valence-corrected chi connectivity index (χ0v) is 18.1. The first-order chi connectivity index (χ1) is 15.1. The molecule has 3 aromatic heterocycles. The van der Waals surface area contributed by atoms with Crippen LogP contribution in [0.25, 0.3) is 26.1 Å². The number of piperazine rings is 1. The van der Waals surface area contributed by atoms with Gasteiger partial charge < -0.3 is 15.1 Å². The van der Waals surface area contributed by atoms with Gasteiger partial charge in [-0.25, -0.2) is 4.98 Å². The van der Waals surface area contributed by atoms with Gasteiger partial charge in [-0.05, 0) is 44.2 Å². The van der Waals surface area contributed by atoms with Gasteiger partial charge in [0.2, 0.25) is 5.43 Å². The summed E-state index contributed by atoms with van der Waals surface area (Å²) in [5, 5.41) is 3.49. The van der Waals surface area contributed by atoms with Gasteiger partial charge in [-0.2, -0.15) is 0 Å². The summed E-state index contributed by atoms with van der Waals surface area (Å²) in [6.45, 7) is 3.77. The van der Waals surface area contributed by atoms with Gasteiger partial charge in [0.25, 0.3) is 5.91 Å². The van der Waals surface area contributed by atoms with Crippen LogP contribution in [-0.4, -0.2) is 59.5 Å². The minimum absolute atomic E-state index is 0.190. The van der Waals surface area contributed by atoms with Crippen molar-refractivity contribution in [2.45, 2.75) is 18.9 Å². The number of pyridine rings is 2. The topological polar surface area (TPSA) is 70.0 Å². The highest BCUT2D eigenvalue weighted by molar-refractivity contribution is 7.24. The normalized spacial score (nSPS) is 17.6. The van der Waals surface area contributed by atoms with Gasteiger partial charge in [-0.1, -0.05) is 12.1 Å². The third-order valence-corrected chi connectivity index (χ3v) is 7.39. The Hall–Kier alpha value is -2.97. The lowest BCUT2D eigenvalue weighted by Gasteiger charge is -2.33. The number of likely N-dealkylation sites (N-methyl/N-ethyl adjacent to an activating group) is 1. The second-order valence-electron chi connectivity index (χ2n) is 8.49. The minimum Gasteiger partial charge on any atom is -0.354 e. The fourth-order valence-corrected chi connectivity index (χ4v) is 5.46. The molecule has 2 fully saturated rings. The van der Waals surface area contributed by atoms with Crippen molar-refractivity contribution in [3.8, 4) is 0 Å². The number of nitrogens with one attached hydrogen (secondary N) is 1. The molecule has 1 saturated carbocycles. The summed E-state index contributed by atoms with van der Waals surface area (Å²) < 4.78 is 3.03. The fraction of sp³-hybridized carbons (Fsp3) is 0.348. The SMILES string of the molecule is CN1CCN(c2ccc3c(=O)c(C(=O)NC4CC4)c4sc5ccccc5n4c3n2)CC1. The molecular weight excluding hydrogens is 410 g/mol.